The van der Waals surface area contributed by atoms with Crippen LogP contribution in [0.5, 0.6) is 5.75 Å². The molecule has 1 N–H and O–H groups in total. The van der Waals surface area contributed by atoms with Crippen LogP contribution >= 0.6 is 23.1 Å². The van der Waals surface area contributed by atoms with E-state index in [0.29, 0.717) is 28.6 Å². The number of carbonyl (C=O) groups excluding carboxylic acids is 1. The van der Waals surface area contributed by atoms with E-state index in [1.165, 1.54) is 28.7 Å². The minimum Gasteiger partial charge on any atom is -0.483 e. The Morgan fingerprint density at radius 1 is 1.27 bits per heavy atom. The minimum atomic E-state index is -0.313. The number of nitrogens with zero attached hydrogens (tertiary/aromatic N) is 5. The fourth-order valence-electron chi connectivity index (χ4n) is 2.71. The summed E-state index contributed by atoms with van der Waals surface area (Å²) in [4.78, 5) is 12.1. The van der Waals surface area contributed by atoms with Gasteiger partial charge in [0.05, 0.1) is 5.75 Å². The molecule has 0 spiro atoms. The van der Waals surface area contributed by atoms with Crippen molar-refractivity contribution < 1.29 is 9.53 Å². The van der Waals surface area contributed by atoms with Gasteiger partial charge in [0.25, 0.3) is 0 Å². The number of benzene rings is 1. The lowest BCUT2D eigenvalue weighted by molar-refractivity contribution is -0.113. The highest BCUT2D eigenvalue weighted by atomic mass is 32.2. The molecule has 1 atom stereocenters. The molecule has 10 heteroatoms. The van der Waals surface area contributed by atoms with Crippen molar-refractivity contribution in [2.45, 2.75) is 44.5 Å². The zero-order chi connectivity index (χ0) is 21.5. The summed E-state index contributed by atoms with van der Waals surface area (Å²) >= 11 is 2.57. The van der Waals surface area contributed by atoms with Crippen molar-refractivity contribution in [1.29, 1.82) is 0 Å². The van der Waals surface area contributed by atoms with Crippen LogP contribution in [-0.2, 0) is 11.3 Å². The van der Waals surface area contributed by atoms with E-state index in [1.54, 1.807) is 11.6 Å². The van der Waals surface area contributed by atoms with Gasteiger partial charge in [-0.15, -0.1) is 27.0 Å². The van der Waals surface area contributed by atoms with Crippen molar-refractivity contribution in [3.8, 4) is 5.75 Å². The maximum Gasteiger partial charge on any atom is 0.236 e. The largest absolute Gasteiger partial charge is 0.483 e. The molecular formula is C20H24N6O2S2. The molecule has 1 aromatic carbocycles. The number of amides is 1. The predicted octanol–water partition coefficient (Wildman–Crippen LogP) is 4.31. The van der Waals surface area contributed by atoms with Crippen LogP contribution in [0.25, 0.3) is 0 Å². The summed E-state index contributed by atoms with van der Waals surface area (Å²) in [6, 6.07) is 8.07. The van der Waals surface area contributed by atoms with Gasteiger partial charge in [0.1, 0.15) is 11.3 Å². The first-order valence-electron chi connectivity index (χ1n) is 9.47. The van der Waals surface area contributed by atoms with Crippen LogP contribution in [0.3, 0.4) is 0 Å². The Bertz CT molecular complexity index is 970. The van der Waals surface area contributed by atoms with Gasteiger partial charge in [-0.2, -0.15) is 0 Å². The lowest BCUT2D eigenvalue weighted by Crippen LogP contribution is -2.15. The standard InChI is InChI=1S/C20H24N6O2S2/c1-5-10-26-18(14(4)28-16-8-6-15(7-9-16)13(2)3)23-25-20(26)29-11-17(27)22-19-24-21-12-30-19/h5-9,12-14H,1,10-11H2,2-4H3,(H,22,24,27). The van der Waals surface area contributed by atoms with Crippen LogP contribution in [0.4, 0.5) is 5.13 Å². The van der Waals surface area contributed by atoms with E-state index in [1.807, 2.05) is 23.6 Å². The van der Waals surface area contributed by atoms with Gasteiger partial charge in [-0.05, 0) is 30.5 Å². The molecule has 0 saturated carbocycles. The number of ether oxygens (including phenoxy) is 1. The van der Waals surface area contributed by atoms with Crippen molar-refractivity contribution in [2.24, 2.45) is 0 Å². The molecule has 0 aliphatic heterocycles. The van der Waals surface area contributed by atoms with E-state index in [0.717, 1.165) is 5.75 Å². The number of nitrogens with one attached hydrogen (secondary N) is 1. The summed E-state index contributed by atoms with van der Waals surface area (Å²) in [5, 5.41) is 19.8. The highest BCUT2D eigenvalue weighted by molar-refractivity contribution is 7.99. The SMILES string of the molecule is C=CCn1c(SCC(=O)Nc2nncs2)nnc1C(C)Oc1ccc(C(C)C)cc1. The number of hydrogen-bond acceptors (Lipinski definition) is 8. The maximum absolute atomic E-state index is 12.1. The van der Waals surface area contributed by atoms with Gasteiger partial charge >= 0.3 is 0 Å². The first kappa shape index (κ1) is 22.0. The fraction of sp³-hybridized carbons (Fsp3) is 0.350. The van der Waals surface area contributed by atoms with E-state index in [9.17, 15) is 4.79 Å². The molecule has 1 amide bonds. The van der Waals surface area contributed by atoms with E-state index in [-0.39, 0.29) is 17.8 Å². The Labute approximate surface area is 183 Å². The summed E-state index contributed by atoms with van der Waals surface area (Å²) in [7, 11) is 0. The Balaban J connectivity index is 1.66. The van der Waals surface area contributed by atoms with Gasteiger partial charge in [-0.25, -0.2) is 0 Å². The first-order valence-corrected chi connectivity index (χ1v) is 11.3. The molecular weight excluding hydrogens is 420 g/mol. The molecule has 2 heterocycles. The molecule has 1 unspecified atom stereocenters. The molecule has 2 aromatic heterocycles. The van der Waals surface area contributed by atoms with E-state index in [2.05, 4.69) is 58.3 Å². The predicted molar refractivity (Wildman–Crippen MR) is 119 cm³/mol. The first-order chi connectivity index (χ1) is 14.5. The Morgan fingerprint density at radius 3 is 2.67 bits per heavy atom. The second-order valence-electron chi connectivity index (χ2n) is 6.80. The number of allylic oxidation sites excluding steroid dienone is 1. The number of anilines is 1. The summed E-state index contributed by atoms with van der Waals surface area (Å²) in [5.41, 5.74) is 2.82. The molecule has 3 aromatic rings. The molecule has 8 nitrogen and oxygen atoms in total. The van der Waals surface area contributed by atoms with Crippen molar-refractivity contribution in [1.82, 2.24) is 25.0 Å². The van der Waals surface area contributed by atoms with Crippen LogP contribution in [0.15, 0.2) is 47.6 Å². The molecule has 0 aliphatic carbocycles. The van der Waals surface area contributed by atoms with Gasteiger partial charge in [0.15, 0.2) is 17.1 Å². The summed E-state index contributed by atoms with van der Waals surface area (Å²) < 4.78 is 7.98. The van der Waals surface area contributed by atoms with Crippen LogP contribution in [0.2, 0.25) is 0 Å². The third kappa shape index (κ3) is 5.67. The second kappa shape index (κ2) is 10.4. The van der Waals surface area contributed by atoms with Crippen molar-refractivity contribution in [3.63, 3.8) is 0 Å². The number of aromatic nitrogens is 5. The van der Waals surface area contributed by atoms with Crippen molar-refractivity contribution >= 4 is 34.1 Å². The van der Waals surface area contributed by atoms with Gasteiger partial charge in [-0.3, -0.25) is 14.7 Å². The van der Waals surface area contributed by atoms with Crippen LogP contribution in [-0.4, -0.2) is 36.6 Å². The van der Waals surface area contributed by atoms with Crippen molar-refractivity contribution in [2.75, 3.05) is 11.1 Å². The molecule has 0 radical (unpaired) electrons. The Morgan fingerprint density at radius 2 is 2.03 bits per heavy atom. The number of rotatable bonds is 10. The normalized spacial score (nSPS) is 12.0. The Kier molecular flexibility index (Phi) is 7.58. The number of hydrogen-bond donors (Lipinski definition) is 1. The topological polar surface area (TPSA) is 94.8 Å². The summed E-state index contributed by atoms with van der Waals surface area (Å²) in [6.45, 7) is 10.6. The number of carbonyl (C=O) groups is 1. The fourth-order valence-corrected chi connectivity index (χ4v) is 3.93. The van der Waals surface area contributed by atoms with Gasteiger partial charge in [0, 0.05) is 6.54 Å². The third-order valence-corrected chi connectivity index (χ3v) is 5.79. The molecule has 0 bridgehead atoms. The quantitative estimate of drug-likeness (QED) is 0.368. The molecule has 3 rings (SSSR count). The second-order valence-corrected chi connectivity index (χ2v) is 8.58. The van der Waals surface area contributed by atoms with Crippen molar-refractivity contribution in [3.05, 3.63) is 53.8 Å². The molecule has 0 saturated heterocycles. The molecule has 30 heavy (non-hydrogen) atoms. The highest BCUT2D eigenvalue weighted by Gasteiger charge is 2.20. The van der Waals surface area contributed by atoms with Gasteiger partial charge in [0.2, 0.25) is 11.0 Å². The Hall–Kier alpha value is -2.72. The van der Waals surface area contributed by atoms with Crippen LogP contribution < -0.4 is 10.1 Å². The average molecular weight is 445 g/mol. The zero-order valence-corrected chi connectivity index (χ0v) is 18.7. The maximum atomic E-state index is 12.1. The van der Waals surface area contributed by atoms with Gasteiger partial charge < -0.3 is 4.74 Å². The molecule has 0 aliphatic rings. The zero-order valence-electron chi connectivity index (χ0n) is 17.1. The highest BCUT2D eigenvalue weighted by Crippen LogP contribution is 2.26. The molecule has 158 valence electrons. The van der Waals surface area contributed by atoms with Crippen LogP contribution in [0.1, 0.15) is 44.2 Å². The van der Waals surface area contributed by atoms with E-state index in [4.69, 9.17) is 4.74 Å². The summed E-state index contributed by atoms with van der Waals surface area (Å²) in [5.74, 6) is 1.91. The van der Waals surface area contributed by atoms with E-state index < -0.39 is 0 Å². The minimum absolute atomic E-state index is 0.180. The third-order valence-electron chi connectivity index (χ3n) is 4.22. The molecule has 0 fully saturated rings. The summed E-state index contributed by atoms with van der Waals surface area (Å²) in [6.07, 6.45) is 1.45. The van der Waals surface area contributed by atoms with Crippen LogP contribution in [0, 0.1) is 0 Å². The van der Waals surface area contributed by atoms with Gasteiger partial charge in [-0.1, -0.05) is 55.2 Å². The number of thioether (sulfide) groups is 1. The van der Waals surface area contributed by atoms with E-state index >= 15 is 0 Å². The lowest BCUT2D eigenvalue weighted by Gasteiger charge is -2.16. The average Bonchev–Trinajstić information content (AvgIpc) is 3.37. The monoisotopic (exact) mass is 444 g/mol. The lowest BCUT2D eigenvalue weighted by atomic mass is 10.0. The smallest absolute Gasteiger partial charge is 0.236 e.